The second kappa shape index (κ2) is 8.63. The Kier molecular flexibility index (Phi) is 6.83. The Labute approximate surface area is 131 Å². The molecule has 2 unspecified atom stereocenters. The van der Waals surface area contributed by atoms with Gasteiger partial charge < -0.3 is 15.0 Å². The molecule has 6 heteroatoms. The molecule has 2 heterocycles. The van der Waals surface area contributed by atoms with E-state index in [4.69, 9.17) is 4.74 Å². The van der Waals surface area contributed by atoms with Gasteiger partial charge in [-0.15, -0.1) is 0 Å². The molecule has 0 aliphatic carbocycles. The molecule has 0 spiro atoms. The quantitative estimate of drug-likeness (QED) is 0.778. The first kappa shape index (κ1) is 16.6. The van der Waals surface area contributed by atoms with Gasteiger partial charge >= 0.3 is 5.97 Å². The van der Waals surface area contributed by atoms with Crippen molar-refractivity contribution in [2.45, 2.75) is 51.1 Å². The molecule has 0 aromatic rings. The van der Waals surface area contributed by atoms with Gasteiger partial charge in [-0.05, 0) is 32.7 Å². The average Bonchev–Trinajstić information content (AvgIpc) is 2.54. The molecule has 5 nitrogen and oxygen atoms in total. The van der Waals surface area contributed by atoms with Crippen LogP contribution < -0.4 is 5.32 Å². The van der Waals surface area contributed by atoms with Crippen molar-refractivity contribution in [1.29, 1.82) is 0 Å². The highest BCUT2D eigenvalue weighted by Crippen LogP contribution is 2.20. The predicted molar refractivity (Wildman–Crippen MR) is 84.3 cm³/mol. The number of hydrogen-bond acceptors (Lipinski definition) is 5. The number of piperidine rings is 1. The summed E-state index contributed by atoms with van der Waals surface area (Å²) in [4.78, 5) is 26.2. The van der Waals surface area contributed by atoms with Gasteiger partial charge in [0.05, 0.1) is 6.61 Å². The lowest BCUT2D eigenvalue weighted by Gasteiger charge is -2.34. The fraction of sp³-hybridized carbons (Fsp3) is 0.867. The Morgan fingerprint density at radius 3 is 2.95 bits per heavy atom. The largest absolute Gasteiger partial charge is 0.464 e. The van der Waals surface area contributed by atoms with Crippen molar-refractivity contribution in [2.75, 3.05) is 31.2 Å². The first-order valence-corrected chi connectivity index (χ1v) is 9.15. The minimum Gasteiger partial charge on any atom is -0.464 e. The SMILES string of the molecule is CCOC(=O)C1CSCCN1C(=O)CCC1CCCCN1. The lowest BCUT2D eigenvalue weighted by Crippen LogP contribution is -2.51. The van der Waals surface area contributed by atoms with Crippen LogP contribution in [0.15, 0.2) is 0 Å². The van der Waals surface area contributed by atoms with Crippen molar-refractivity contribution in [3.05, 3.63) is 0 Å². The number of amides is 1. The second-order valence-electron chi connectivity index (χ2n) is 5.62. The lowest BCUT2D eigenvalue weighted by molar-refractivity contribution is -0.153. The number of nitrogens with one attached hydrogen (secondary N) is 1. The van der Waals surface area contributed by atoms with Crippen LogP contribution in [0.1, 0.15) is 39.0 Å². The molecule has 0 aromatic heterocycles. The summed E-state index contributed by atoms with van der Waals surface area (Å²) in [6.07, 6.45) is 5.04. The van der Waals surface area contributed by atoms with Gasteiger partial charge in [-0.3, -0.25) is 4.79 Å². The van der Waals surface area contributed by atoms with E-state index in [9.17, 15) is 9.59 Å². The third kappa shape index (κ3) is 4.88. The molecule has 1 N–H and O–H groups in total. The van der Waals surface area contributed by atoms with Crippen LogP contribution in [0.5, 0.6) is 0 Å². The van der Waals surface area contributed by atoms with E-state index in [1.165, 1.54) is 12.8 Å². The number of thioether (sulfide) groups is 1. The van der Waals surface area contributed by atoms with Crippen molar-refractivity contribution in [3.8, 4) is 0 Å². The van der Waals surface area contributed by atoms with E-state index in [-0.39, 0.29) is 11.9 Å². The lowest BCUT2D eigenvalue weighted by atomic mass is 10.00. The van der Waals surface area contributed by atoms with Gasteiger partial charge in [-0.25, -0.2) is 4.79 Å². The zero-order chi connectivity index (χ0) is 15.1. The number of carbonyl (C=O) groups is 2. The van der Waals surface area contributed by atoms with Gasteiger partial charge in [0.15, 0.2) is 0 Å². The minimum absolute atomic E-state index is 0.0979. The maximum absolute atomic E-state index is 12.4. The summed E-state index contributed by atoms with van der Waals surface area (Å²) in [7, 11) is 0. The van der Waals surface area contributed by atoms with Crippen LogP contribution in [0, 0.1) is 0 Å². The monoisotopic (exact) mass is 314 g/mol. The minimum atomic E-state index is -0.393. The first-order valence-electron chi connectivity index (χ1n) is 7.99. The third-order valence-corrected chi connectivity index (χ3v) is 5.15. The maximum Gasteiger partial charge on any atom is 0.329 e. The van der Waals surface area contributed by atoms with Gasteiger partial charge in [0, 0.05) is 30.5 Å². The highest BCUT2D eigenvalue weighted by Gasteiger charge is 2.33. The Bertz CT molecular complexity index is 359. The number of carbonyl (C=O) groups excluding carboxylic acids is 2. The molecule has 2 fully saturated rings. The van der Waals surface area contributed by atoms with Crippen LogP contribution in [0.3, 0.4) is 0 Å². The number of ether oxygens (including phenoxy) is 1. The van der Waals surface area contributed by atoms with Gasteiger partial charge in [-0.2, -0.15) is 11.8 Å². The molecule has 2 aliphatic rings. The fourth-order valence-corrected chi connectivity index (χ4v) is 3.98. The van der Waals surface area contributed by atoms with Crippen molar-refractivity contribution in [2.24, 2.45) is 0 Å². The Morgan fingerprint density at radius 2 is 2.24 bits per heavy atom. The molecule has 0 radical (unpaired) electrons. The molecule has 2 saturated heterocycles. The molecule has 120 valence electrons. The number of nitrogens with zero attached hydrogens (tertiary/aromatic N) is 1. The molecule has 1 amide bonds. The molecular formula is C15H26N2O3S. The van der Waals surface area contributed by atoms with E-state index in [0.29, 0.717) is 31.4 Å². The van der Waals surface area contributed by atoms with Gasteiger partial charge in [0.25, 0.3) is 0 Å². The van der Waals surface area contributed by atoms with Crippen molar-refractivity contribution in [1.82, 2.24) is 10.2 Å². The molecule has 2 rings (SSSR count). The smallest absolute Gasteiger partial charge is 0.329 e. The second-order valence-corrected chi connectivity index (χ2v) is 6.77. The maximum atomic E-state index is 12.4. The van der Waals surface area contributed by atoms with Gasteiger partial charge in [0.1, 0.15) is 6.04 Å². The summed E-state index contributed by atoms with van der Waals surface area (Å²) in [6.45, 7) is 3.89. The highest BCUT2D eigenvalue weighted by molar-refractivity contribution is 7.99. The molecule has 2 atom stereocenters. The molecule has 0 saturated carbocycles. The summed E-state index contributed by atoms with van der Waals surface area (Å²) in [6, 6.07) is 0.0680. The van der Waals surface area contributed by atoms with Crippen LogP contribution in [-0.4, -0.2) is 60.1 Å². The van der Waals surface area contributed by atoms with E-state index in [1.54, 1.807) is 23.6 Å². The van der Waals surface area contributed by atoms with E-state index in [1.807, 2.05) is 0 Å². The molecule has 0 aromatic carbocycles. The summed E-state index contributed by atoms with van der Waals surface area (Å²) in [5.74, 6) is 1.41. The van der Waals surface area contributed by atoms with Gasteiger partial charge in [-0.1, -0.05) is 6.42 Å². The van der Waals surface area contributed by atoms with Crippen molar-refractivity contribution < 1.29 is 14.3 Å². The number of rotatable bonds is 5. The van der Waals surface area contributed by atoms with E-state index >= 15 is 0 Å². The zero-order valence-corrected chi connectivity index (χ0v) is 13.6. The van der Waals surface area contributed by atoms with Crippen LogP contribution in [0.4, 0.5) is 0 Å². The van der Waals surface area contributed by atoms with Crippen molar-refractivity contribution in [3.63, 3.8) is 0 Å². The van der Waals surface area contributed by atoms with Crippen molar-refractivity contribution >= 4 is 23.6 Å². The summed E-state index contributed by atoms with van der Waals surface area (Å²) in [5.41, 5.74) is 0. The first-order chi connectivity index (χ1) is 10.2. The number of esters is 1. The predicted octanol–water partition coefficient (Wildman–Crippen LogP) is 1.42. The molecule has 2 aliphatic heterocycles. The zero-order valence-electron chi connectivity index (χ0n) is 12.8. The normalized spacial score (nSPS) is 26.4. The van der Waals surface area contributed by atoms with E-state index < -0.39 is 6.04 Å². The van der Waals surface area contributed by atoms with Crippen LogP contribution in [-0.2, 0) is 14.3 Å². The number of hydrogen-bond donors (Lipinski definition) is 1. The molecule has 0 bridgehead atoms. The summed E-state index contributed by atoms with van der Waals surface area (Å²) < 4.78 is 5.10. The topological polar surface area (TPSA) is 58.6 Å². The molecule has 21 heavy (non-hydrogen) atoms. The summed E-state index contributed by atoms with van der Waals surface area (Å²) in [5, 5.41) is 3.47. The Balaban J connectivity index is 1.84. The van der Waals surface area contributed by atoms with Crippen LogP contribution in [0.2, 0.25) is 0 Å². The van der Waals surface area contributed by atoms with E-state index in [2.05, 4.69) is 5.32 Å². The third-order valence-electron chi connectivity index (χ3n) is 4.13. The Hall–Kier alpha value is -0.750. The van der Waals surface area contributed by atoms with Crippen LogP contribution >= 0.6 is 11.8 Å². The fourth-order valence-electron chi connectivity index (χ4n) is 2.95. The highest BCUT2D eigenvalue weighted by atomic mass is 32.2. The molecular weight excluding hydrogens is 288 g/mol. The Morgan fingerprint density at radius 1 is 1.38 bits per heavy atom. The van der Waals surface area contributed by atoms with E-state index in [0.717, 1.165) is 25.1 Å². The van der Waals surface area contributed by atoms with Crippen LogP contribution in [0.25, 0.3) is 0 Å². The standard InChI is InChI=1S/C15H26N2O3S/c1-2-20-15(19)13-11-21-10-9-17(13)14(18)7-6-12-5-3-4-8-16-12/h12-13,16H,2-11H2,1H3. The average molecular weight is 314 g/mol. The van der Waals surface area contributed by atoms with Gasteiger partial charge in [0.2, 0.25) is 5.91 Å². The summed E-state index contributed by atoms with van der Waals surface area (Å²) >= 11 is 1.72.